The van der Waals surface area contributed by atoms with E-state index in [1.54, 1.807) is 18.2 Å². The number of anilines is 1. The van der Waals surface area contributed by atoms with Crippen LogP contribution >= 0.6 is 11.6 Å². The maximum Gasteiger partial charge on any atom is 0.255 e. The highest BCUT2D eigenvalue weighted by Gasteiger charge is 2.34. The molecule has 0 saturated heterocycles. The van der Waals surface area contributed by atoms with E-state index in [9.17, 15) is 18.0 Å². The van der Waals surface area contributed by atoms with E-state index < -0.39 is 22.0 Å². The number of hydrogen-bond donors (Lipinski definition) is 1. The van der Waals surface area contributed by atoms with E-state index >= 15 is 0 Å². The average Bonchev–Trinajstić information content (AvgIpc) is 2.94. The Kier molecular flexibility index (Phi) is 6.25. The zero-order chi connectivity index (χ0) is 23.8. The number of sulfonamides is 1. The average molecular weight is 484 g/mol. The Hall–Kier alpha value is -3.20. The molecule has 1 aliphatic heterocycles. The molecular weight excluding hydrogens is 462 g/mol. The van der Waals surface area contributed by atoms with Crippen LogP contribution < -0.4 is 5.32 Å². The van der Waals surface area contributed by atoms with Gasteiger partial charge in [0.15, 0.2) is 0 Å². The van der Waals surface area contributed by atoms with Crippen molar-refractivity contribution in [2.24, 2.45) is 0 Å². The normalized spacial score (nSPS) is 16.2. The molecule has 33 heavy (non-hydrogen) atoms. The van der Waals surface area contributed by atoms with Gasteiger partial charge in [-0.05, 0) is 48.0 Å². The lowest BCUT2D eigenvalue weighted by molar-refractivity contribution is -0.117. The minimum Gasteiger partial charge on any atom is -0.324 e. The number of nitrogens with zero attached hydrogens (tertiary/aromatic N) is 2. The van der Waals surface area contributed by atoms with Gasteiger partial charge in [0.25, 0.3) is 5.91 Å². The van der Waals surface area contributed by atoms with Crippen molar-refractivity contribution in [2.45, 2.75) is 10.9 Å². The minimum atomic E-state index is -3.63. The SMILES string of the molecule is CN(C)S(=O)(=O)c1ccc(C(=O)N2CC(=O)Nc3ccc(Cl)cc3[C@H]2c2ccccc2)cc1. The molecule has 0 bridgehead atoms. The molecule has 0 aromatic heterocycles. The fourth-order valence-electron chi connectivity index (χ4n) is 3.81. The second kappa shape index (κ2) is 8.97. The predicted molar refractivity (Wildman–Crippen MR) is 127 cm³/mol. The third-order valence-electron chi connectivity index (χ3n) is 5.46. The summed E-state index contributed by atoms with van der Waals surface area (Å²) in [5.74, 6) is -0.738. The first-order chi connectivity index (χ1) is 15.7. The molecule has 1 aliphatic rings. The van der Waals surface area contributed by atoms with Crippen LogP contribution in [0.15, 0.2) is 77.7 Å². The van der Waals surface area contributed by atoms with E-state index in [2.05, 4.69) is 5.32 Å². The smallest absolute Gasteiger partial charge is 0.255 e. The van der Waals surface area contributed by atoms with Crippen molar-refractivity contribution in [3.05, 3.63) is 94.5 Å². The van der Waals surface area contributed by atoms with Crippen LogP contribution in [0, 0.1) is 0 Å². The van der Waals surface area contributed by atoms with Gasteiger partial charge in [-0.25, -0.2) is 12.7 Å². The van der Waals surface area contributed by atoms with Crippen molar-refractivity contribution >= 4 is 39.1 Å². The number of nitrogens with one attached hydrogen (secondary N) is 1. The second-order valence-corrected chi connectivity index (χ2v) is 10.4. The molecule has 1 N–H and O–H groups in total. The molecule has 0 unspecified atom stereocenters. The first kappa shape index (κ1) is 23.0. The minimum absolute atomic E-state index is 0.0781. The summed E-state index contributed by atoms with van der Waals surface area (Å²) < 4.78 is 25.9. The molecule has 2 amide bonds. The number of benzene rings is 3. The van der Waals surface area contributed by atoms with Crippen LogP contribution in [0.4, 0.5) is 5.69 Å². The molecule has 4 rings (SSSR count). The molecule has 0 aliphatic carbocycles. The Labute approximate surface area is 197 Å². The van der Waals surface area contributed by atoms with Gasteiger partial charge in [-0.15, -0.1) is 0 Å². The predicted octanol–water partition coefficient (Wildman–Crippen LogP) is 3.77. The summed E-state index contributed by atoms with van der Waals surface area (Å²) in [6.07, 6.45) is 0. The van der Waals surface area contributed by atoms with Crippen LogP contribution in [0.5, 0.6) is 0 Å². The van der Waals surface area contributed by atoms with E-state index in [-0.39, 0.29) is 22.9 Å². The lowest BCUT2D eigenvalue weighted by Crippen LogP contribution is -2.39. The van der Waals surface area contributed by atoms with Gasteiger partial charge in [-0.3, -0.25) is 9.59 Å². The summed E-state index contributed by atoms with van der Waals surface area (Å²) in [6, 6.07) is 19.7. The van der Waals surface area contributed by atoms with E-state index in [1.165, 1.54) is 43.3 Å². The maximum atomic E-state index is 13.6. The van der Waals surface area contributed by atoms with Gasteiger partial charge in [0.1, 0.15) is 6.54 Å². The van der Waals surface area contributed by atoms with E-state index in [0.717, 1.165) is 9.87 Å². The van der Waals surface area contributed by atoms with Gasteiger partial charge in [0, 0.05) is 35.9 Å². The molecule has 7 nitrogen and oxygen atoms in total. The summed E-state index contributed by atoms with van der Waals surface area (Å²) in [7, 11) is -0.744. The largest absolute Gasteiger partial charge is 0.324 e. The molecule has 170 valence electrons. The summed E-state index contributed by atoms with van der Waals surface area (Å²) in [4.78, 5) is 27.9. The van der Waals surface area contributed by atoms with Crippen LogP contribution in [0.2, 0.25) is 5.02 Å². The monoisotopic (exact) mass is 483 g/mol. The fraction of sp³-hybridized carbons (Fsp3) is 0.167. The lowest BCUT2D eigenvalue weighted by Gasteiger charge is -2.30. The van der Waals surface area contributed by atoms with E-state index in [1.807, 2.05) is 30.3 Å². The number of fused-ring (bicyclic) bond motifs is 1. The molecule has 3 aromatic carbocycles. The van der Waals surface area contributed by atoms with Gasteiger partial charge >= 0.3 is 0 Å². The molecule has 9 heteroatoms. The number of hydrogen-bond acceptors (Lipinski definition) is 4. The van der Waals surface area contributed by atoms with Crippen LogP contribution in [-0.4, -0.2) is 50.1 Å². The third kappa shape index (κ3) is 4.50. The number of amides is 2. The maximum absolute atomic E-state index is 13.6. The van der Waals surface area contributed by atoms with Crippen LogP contribution in [-0.2, 0) is 14.8 Å². The van der Waals surface area contributed by atoms with Gasteiger partial charge in [-0.1, -0.05) is 41.9 Å². The summed E-state index contributed by atoms with van der Waals surface area (Å²) in [6.45, 7) is -0.178. The third-order valence-corrected chi connectivity index (χ3v) is 7.53. The second-order valence-electron chi connectivity index (χ2n) is 7.84. The molecule has 1 heterocycles. The highest BCUT2D eigenvalue weighted by atomic mass is 35.5. The molecule has 0 spiro atoms. The molecule has 0 radical (unpaired) electrons. The van der Waals surface area contributed by atoms with E-state index in [4.69, 9.17) is 11.6 Å². The van der Waals surface area contributed by atoms with Crippen LogP contribution in [0.1, 0.15) is 27.5 Å². The van der Waals surface area contributed by atoms with Crippen molar-refractivity contribution in [3.8, 4) is 0 Å². The molecule has 1 atom stereocenters. The Morgan fingerprint density at radius 3 is 2.33 bits per heavy atom. The standard InChI is InChI=1S/C24H22ClN3O4S/c1-27(2)33(31,32)19-11-8-17(9-12-19)24(30)28-15-22(29)26-21-13-10-18(25)14-20(21)23(28)16-6-4-3-5-7-16/h3-14,23H,15H2,1-2H3,(H,26,29)/t23-/m1/s1. The summed E-state index contributed by atoms with van der Waals surface area (Å²) in [5.41, 5.74) is 2.37. The highest BCUT2D eigenvalue weighted by Crippen LogP contribution is 2.38. The Morgan fingerprint density at radius 1 is 1.03 bits per heavy atom. The van der Waals surface area contributed by atoms with Crippen molar-refractivity contribution in [3.63, 3.8) is 0 Å². The quantitative estimate of drug-likeness (QED) is 0.612. The molecule has 0 saturated carbocycles. The first-order valence-corrected chi connectivity index (χ1v) is 12.0. The zero-order valence-corrected chi connectivity index (χ0v) is 19.6. The number of carbonyl (C=O) groups is 2. The molecule has 0 fully saturated rings. The van der Waals surface area contributed by atoms with Gasteiger partial charge in [-0.2, -0.15) is 0 Å². The molecule has 3 aromatic rings. The zero-order valence-electron chi connectivity index (χ0n) is 18.0. The van der Waals surface area contributed by atoms with Crippen molar-refractivity contribution in [1.29, 1.82) is 0 Å². The highest BCUT2D eigenvalue weighted by molar-refractivity contribution is 7.89. The van der Waals surface area contributed by atoms with Crippen molar-refractivity contribution in [2.75, 3.05) is 26.0 Å². The van der Waals surface area contributed by atoms with Gasteiger partial charge < -0.3 is 10.2 Å². The van der Waals surface area contributed by atoms with Crippen LogP contribution in [0.3, 0.4) is 0 Å². The number of halogens is 1. The molecular formula is C24H22ClN3O4S. The number of rotatable bonds is 4. The Morgan fingerprint density at radius 2 is 1.70 bits per heavy atom. The Bertz CT molecular complexity index is 1310. The fourth-order valence-corrected chi connectivity index (χ4v) is 4.89. The van der Waals surface area contributed by atoms with Gasteiger partial charge in [0.05, 0.1) is 10.9 Å². The first-order valence-electron chi connectivity index (χ1n) is 10.2. The van der Waals surface area contributed by atoms with Crippen LogP contribution in [0.25, 0.3) is 0 Å². The van der Waals surface area contributed by atoms with Crippen molar-refractivity contribution < 1.29 is 18.0 Å². The summed E-state index contributed by atoms with van der Waals surface area (Å²) >= 11 is 6.27. The van der Waals surface area contributed by atoms with Crippen molar-refractivity contribution in [1.82, 2.24) is 9.21 Å². The lowest BCUT2D eigenvalue weighted by atomic mass is 9.95. The van der Waals surface area contributed by atoms with E-state index in [0.29, 0.717) is 16.3 Å². The Balaban J connectivity index is 1.80. The van der Waals surface area contributed by atoms with Gasteiger partial charge in [0.2, 0.25) is 15.9 Å². The topological polar surface area (TPSA) is 86.8 Å². The summed E-state index contributed by atoms with van der Waals surface area (Å²) in [5, 5.41) is 3.33. The number of carbonyl (C=O) groups excluding carboxylic acids is 2.